The SMILES string of the molecule is CCCCc1ccc(NC(=O)c2ccc(OC)c(COCC(C)C)c2)cc1. The van der Waals surface area contributed by atoms with Crippen molar-refractivity contribution in [2.24, 2.45) is 5.92 Å². The second-order valence-electron chi connectivity index (χ2n) is 7.19. The summed E-state index contributed by atoms with van der Waals surface area (Å²) in [5.74, 6) is 1.06. The van der Waals surface area contributed by atoms with Gasteiger partial charge in [-0.15, -0.1) is 0 Å². The number of benzene rings is 2. The molecule has 0 aliphatic rings. The standard InChI is InChI=1S/C23H31NO3/c1-5-6-7-18-8-11-21(12-9-18)24-23(25)19-10-13-22(26-4)20(14-19)16-27-15-17(2)3/h8-14,17H,5-7,15-16H2,1-4H3,(H,24,25). The van der Waals surface area contributed by atoms with Gasteiger partial charge in [-0.25, -0.2) is 0 Å². The van der Waals surface area contributed by atoms with Crippen molar-refractivity contribution in [1.82, 2.24) is 0 Å². The van der Waals surface area contributed by atoms with Gasteiger partial charge >= 0.3 is 0 Å². The maximum Gasteiger partial charge on any atom is 0.255 e. The van der Waals surface area contributed by atoms with E-state index in [9.17, 15) is 4.79 Å². The first-order valence-corrected chi connectivity index (χ1v) is 9.68. The lowest BCUT2D eigenvalue weighted by molar-refractivity contribution is 0.0952. The van der Waals surface area contributed by atoms with E-state index in [1.807, 2.05) is 24.3 Å². The van der Waals surface area contributed by atoms with Gasteiger partial charge in [-0.3, -0.25) is 4.79 Å². The van der Waals surface area contributed by atoms with Gasteiger partial charge in [0.15, 0.2) is 0 Å². The summed E-state index contributed by atoms with van der Waals surface area (Å²) in [6, 6.07) is 13.5. The molecule has 27 heavy (non-hydrogen) atoms. The Kier molecular flexibility index (Phi) is 8.34. The van der Waals surface area contributed by atoms with E-state index < -0.39 is 0 Å². The number of hydrogen-bond donors (Lipinski definition) is 1. The summed E-state index contributed by atoms with van der Waals surface area (Å²) in [6.07, 6.45) is 3.43. The third-order valence-electron chi connectivity index (χ3n) is 4.28. The fourth-order valence-electron chi connectivity index (χ4n) is 2.78. The Bertz CT molecular complexity index is 723. The first-order valence-electron chi connectivity index (χ1n) is 9.68. The maximum atomic E-state index is 12.6. The number of unbranched alkanes of at least 4 members (excludes halogenated alkanes) is 1. The zero-order valence-electron chi connectivity index (χ0n) is 16.9. The third kappa shape index (κ3) is 6.72. The van der Waals surface area contributed by atoms with Crippen molar-refractivity contribution in [3.8, 4) is 5.75 Å². The number of aryl methyl sites for hydroxylation is 1. The van der Waals surface area contributed by atoms with Crippen LogP contribution in [-0.2, 0) is 17.8 Å². The average Bonchev–Trinajstić information content (AvgIpc) is 2.67. The summed E-state index contributed by atoms with van der Waals surface area (Å²) < 4.78 is 11.1. The molecule has 4 nitrogen and oxygen atoms in total. The summed E-state index contributed by atoms with van der Waals surface area (Å²) in [7, 11) is 1.63. The highest BCUT2D eigenvalue weighted by Gasteiger charge is 2.11. The van der Waals surface area contributed by atoms with Crippen LogP contribution in [0.25, 0.3) is 0 Å². The van der Waals surface area contributed by atoms with Crippen LogP contribution in [0.4, 0.5) is 5.69 Å². The highest BCUT2D eigenvalue weighted by atomic mass is 16.5. The quantitative estimate of drug-likeness (QED) is 0.605. The predicted molar refractivity (Wildman–Crippen MR) is 110 cm³/mol. The van der Waals surface area contributed by atoms with Crippen molar-refractivity contribution in [2.45, 2.75) is 46.6 Å². The van der Waals surface area contributed by atoms with Crippen molar-refractivity contribution in [2.75, 3.05) is 19.0 Å². The molecule has 1 amide bonds. The van der Waals surface area contributed by atoms with Crippen LogP contribution in [0.15, 0.2) is 42.5 Å². The zero-order chi connectivity index (χ0) is 19.6. The van der Waals surface area contributed by atoms with E-state index in [2.05, 4.69) is 38.2 Å². The normalized spacial score (nSPS) is 10.9. The van der Waals surface area contributed by atoms with E-state index in [0.29, 0.717) is 24.7 Å². The molecule has 0 saturated heterocycles. The van der Waals surface area contributed by atoms with Crippen molar-refractivity contribution >= 4 is 11.6 Å². The van der Waals surface area contributed by atoms with E-state index in [1.54, 1.807) is 13.2 Å². The number of anilines is 1. The zero-order valence-corrected chi connectivity index (χ0v) is 16.9. The summed E-state index contributed by atoms with van der Waals surface area (Å²) in [5.41, 5.74) is 3.56. The van der Waals surface area contributed by atoms with Gasteiger partial charge in [-0.2, -0.15) is 0 Å². The number of methoxy groups -OCH3 is 1. The molecular formula is C23H31NO3. The molecule has 0 atom stereocenters. The van der Waals surface area contributed by atoms with E-state index in [0.717, 1.165) is 23.4 Å². The minimum absolute atomic E-state index is 0.135. The lowest BCUT2D eigenvalue weighted by atomic mass is 10.1. The first kappa shape index (κ1) is 21.0. The van der Waals surface area contributed by atoms with Crippen LogP contribution in [0.5, 0.6) is 5.75 Å². The Morgan fingerprint density at radius 2 is 1.85 bits per heavy atom. The molecule has 1 N–H and O–H groups in total. The number of amides is 1. The monoisotopic (exact) mass is 369 g/mol. The molecule has 0 radical (unpaired) electrons. The van der Waals surface area contributed by atoms with Gasteiger partial charge in [0.1, 0.15) is 5.75 Å². The number of nitrogens with one attached hydrogen (secondary N) is 1. The molecule has 0 aliphatic heterocycles. The number of rotatable bonds is 10. The number of carbonyl (C=O) groups excluding carboxylic acids is 1. The smallest absolute Gasteiger partial charge is 0.255 e. The minimum Gasteiger partial charge on any atom is -0.496 e. The lowest BCUT2D eigenvalue weighted by Crippen LogP contribution is -2.13. The fraction of sp³-hybridized carbons (Fsp3) is 0.435. The van der Waals surface area contributed by atoms with Gasteiger partial charge in [-0.1, -0.05) is 39.3 Å². The summed E-state index contributed by atoms with van der Waals surface area (Å²) in [5, 5.41) is 2.96. The van der Waals surface area contributed by atoms with Gasteiger partial charge in [-0.05, 0) is 54.7 Å². The molecular weight excluding hydrogens is 338 g/mol. The summed E-state index contributed by atoms with van der Waals surface area (Å²) in [4.78, 5) is 12.6. The predicted octanol–water partition coefficient (Wildman–Crippen LogP) is 5.46. The molecule has 0 heterocycles. The Morgan fingerprint density at radius 1 is 1.11 bits per heavy atom. The van der Waals surface area contributed by atoms with E-state index in [4.69, 9.17) is 9.47 Å². The lowest BCUT2D eigenvalue weighted by Gasteiger charge is -2.13. The molecule has 4 heteroatoms. The Hall–Kier alpha value is -2.33. The topological polar surface area (TPSA) is 47.6 Å². The van der Waals surface area contributed by atoms with Gasteiger partial charge < -0.3 is 14.8 Å². The van der Waals surface area contributed by atoms with Crippen LogP contribution in [0.2, 0.25) is 0 Å². The highest BCUT2D eigenvalue weighted by Crippen LogP contribution is 2.22. The van der Waals surface area contributed by atoms with E-state index in [-0.39, 0.29) is 5.91 Å². The summed E-state index contributed by atoms with van der Waals surface area (Å²) in [6.45, 7) is 7.49. The number of carbonyl (C=O) groups is 1. The fourth-order valence-corrected chi connectivity index (χ4v) is 2.78. The molecule has 0 aromatic heterocycles. The van der Waals surface area contributed by atoms with Crippen LogP contribution >= 0.6 is 0 Å². The van der Waals surface area contributed by atoms with Crippen LogP contribution in [0.1, 0.15) is 55.1 Å². The number of hydrogen-bond acceptors (Lipinski definition) is 3. The van der Waals surface area contributed by atoms with Crippen molar-refractivity contribution in [1.29, 1.82) is 0 Å². The van der Waals surface area contributed by atoms with Crippen LogP contribution in [0.3, 0.4) is 0 Å². The van der Waals surface area contributed by atoms with Crippen molar-refractivity contribution in [3.05, 3.63) is 59.2 Å². The van der Waals surface area contributed by atoms with Gasteiger partial charge in [0.25, 0.3) is 5.91 Å². The van der Waals surface area contributed by atoms with Crippen molar-refractivity contribution < 1.29 is 14.3 Å². The third-order valence-corrected chi connectivity index (χ3v) is 4.28. The largest absolute Gasteiger partial charge is 0.496 e. The van der Waals surface area contributed by atoms with Gasteiger partial charge in [0.2, 0.25) is 0 Å². The molecule has 0 unspecified atom stereocenters. The average molecular weight is 370 g/mol. The molecule has 0 aliphatic carbocycles. The van der Waals surface area contributed by atoms with Gasteiger partial charge in [0, 0.05) is 23.4 Å². The van der Waals surface area contributed by atoms with Gasteiger partial charge in [0.05, 0.1) is 13.7 Å². The highest BCUT2D eigenvalue weighted by molar-refractivity contribution is 6.04. The summed E-state index contributed by atoms with van der Waals surface area (Å²) >= 11 is 0. The molecule has 0 spiro atoms. The van der Waals surface area contributed by atoms with Crippen LogP contribution < -0.4 is 10.1 Å². The first-order chi connectivity index (χ1) is 13.0. The van der Waals surface area contributed by atoms with E-state index >= 15 is 0 Å². The molecule has 2 aromatic carbocycles. The Balaban J connectivity index is 2.04. The maximum absolute atomic E-state index is 12.6. The Morgan fingerprint density at radius 3 is 2.48 bits per heavy atom. The van der Waals surface area contributed by atoms with Crippen LogP contribution in [-0.4, -0.2) is 19.6 Å². The minimum atomic E-state index is -0.135. The second-order valence-corrected chi connectivity index (χ2v) is 7.19. The number of ether oxygens (including phenoxy) is 2. The van der Waals surface area contributed by atoms with E-state index in [1.165, 1.54) is 18.4 Å². The second kappa shape index (κ2) is 10.7. The van der Waals surface area contributed by atoms with Crippen LogP contribution in [0, 0.1) is 5.92 Å². The van der Waals surface area contributed by atoms with Crippen molar-refractivity contribution in [3.63, 3.8) is 0 Å². The molecule has 0 saturated carbocycles. The Labute approximate surface area is 162 Å². The molecule has 0 bridgehead atoms. The molecule has 0 fully saturated rings. The molecule has 2 rings (SSSR count). The molecule has 2 aromatic rings. The molecule has 146 valence electrons.